The minimum Gasteiger partial charge on any atom is -0.493 e. The Morgan fingerprint density at radius 2 is 1.79 bits per heavy atom. The summed E-state index contributed by atoms with van der Waals surface area (Å²) in [5, 5.41) is 6.49. The number of alkyl carbamates (subject to hydrolysis) is 1. The quantitative estimate of drug-likeness (QED) is 0.0771. The summed E-state index contributed by atoms with van der Waals surface area (Å²) in [4.78, 5) is 40.1. The van der Waals surface area contributed by atoms with Crippen LogP contribution in [0, 0.1) is 0 Å². The molecule has 0 aliphatic carbocycles. The van der Waals surface area contributed by atoms with E-state index in [1.165, 1.54) is 12.1 Å². The van der Waals surface area contributed by atoms with Crippen molar-refractivity contribution in [3.05, 3.63) is 72.4 Å². The van der Waals surface area contributed by atoms with Gasteiger partial charge in [-0.3, -0.25) is 5.32 Å². The van der Waals surface area contributed by atoms with Gasteiger partial charge in [-0.05, 0) is 91.1 Å². The van der Waals surface area contributed by atoms with Gasteiger partial charge in [-0.15, -0.1) is 11.6 Å². The zero-order valence-corrected chi connectivity index (χ0v) is 30.6. The van der Waals surface area contributed by atoms with Gasteiger partial charge in [0.05, 0.1) is 23.2 Å². The molecule has 5 rings (SSSR count). The molecular weight excluding hydrogens is 695 g/mol. The monoisotopic (exact) mass is 739 g/mol. The fourth-order valence-corrected chi connectivity index (χ4v) is 5.77. The van der Waals surface area contributed by atoms with Gasteiger partial charge in [-0.25, -0.2) is 14.6 Å². The number of allylic oxidation sites excluding steroid dienone is 1. The van der Waals surface area contributed by atoms with Gasteiger partial charge in [0.25, 0.3) is 0 Å². The van der Waals surface area contributed by atoms with Crippen LogP contribution in [0.4, 0.5) is 22.8 Å². The van der Waals surface area contributed by atoms with E-state index in [1.807, 2.05) is 28.8 Å². The molecule has 1 aliphatic rings. The molecule has 53 heavy (non-hydrogen) atoms. The number of amides is 2. The molecule has 1 N–H and O–H groups in total. The highest BCUT2D eigenvalue weighted by Crippen LogP contribution is 2.39. The van der Waals surface area contributed by atoms with Crippen LogP contribution in [0.25, 0.3) is 22.4 Å². The molecule has 16 heteroatoms. The molecule has 0 bridgehead atoms. The summed E-state index contributed by atoms with van der Waals surface area (Å²) >= 11 is 0. The third kappa shape index (κ3) is 10.1. The number of rotatable bonds is 9. The molecule has 0 spiro atoms. The zero-order valence-electron chi connectivity index (χ0n) is 30.6. The number of nitrogens with zero attached hydrogens (tertiary/aromatic N) is 6. The summed E-state index contributed by atoms with van der Waals surface area (Å²) in [7, 11) is 0. The Labute approximate surface area is 305 Å². The Bertz CT molecular complexity index is 1970. The lowest BCUT2D eigenvalue weighted by atomic mass is 10.1. The number of nitrogens with one attached hydrogen (secondary N) is 1. The molecule has 2 aromatic heterocycles. The normalized spacial score (nSPS) is 15.5. The van der Waals surface area contributed by atoms with Crippen LogP contribution in [-0.4, -0.2) is 67.1 Å². The Morgan fingerprint density at radius 3 is 2.49 bits per heavy atom. The van der Waals surface area contributed by atoms with Gasteiger partial charge in [0.2, 0.25) is 17.7 Å². The lowest BCUT2D eigenvalue weighted by Gasteiger charge is -2.27. The zero-order chi connectivity index (χ0) is 38.6. The fraction of sp³-hybridized carbons (Fsp3) is 0.459. The number of carbonyl (C=O) groups is 2. The first kappa shape index (κ1) is 38.8. The summed E-state index contributed by atoms with van der Waals surface area (Å²) in [6.45, 7) is 14.8. The summed E-state index contributed by atoms with van der Waals surface area (Å²) < 4.78 is 66.8. The first-order chi connectivity index (χ1) is 24.9. The molecule has 0 radical (unpaired) electrons. The molecule has 2 amide bonds. The van der Waals surface area contributed by atoms with Gasteiger partial charge in [0.1, 0.15) is 28.8 Å². The number of halogens is 3. The third-order valence-electron chi connectivity index (χ3n) is 7.85. The summed E-state index contributed by atoms with van der Waals surface area (Å²) in [6, 6.07) is 10.6. The molecule has 3 heterocycles. The van der Waals surface area contributed by atoms with E-state index < -0.39 is 41.2 Å². The summed E-state index contributed by atoms with van der Waals surface area (Å²) in [5.41, 5.74) is -0.848. The van der Waals surface area contributed by atoms with Crippen molar-refractivity contribution in [2.24, 2.45) is 4.99 Å². The second-order valence-corrected chi connectivity index (χ2v) is 14.4. The lowest BCUT2D eigenvalue weighted by molar-refractivity contribution is -0.138. The standard InChI is InChI=1S/C37H44F3N7O6/c1-8-19-46-26-14-10-9-13-25(26)41-29(46)16-12-21-50-28-18-17-23(22-24(28)37(38,39)40)30-42-31(53-45-30)27-15-11-20-47(27)32(43-33(48)51-35(2,3)4)44-34(49)52-36(5,6)7/h8-10,13-14,17-18,22,27H,1,11-12,15-16,19-21H2,2-7H3,(H,43,44,48,49). The van der Waals surface area contributed by atoms with Crippen LogP contribution in [-0.2, 0) is 28.6 Å². The highest BCUT2D eigenvalue weighted by atomic mass is 19.4. The van der Waals surface area contributed by atoms with E-state index in [-0.39, 0.29) is 35.6 Å². The third-order valence-corrected chi connectivity index (χ3v) is 7.85. The number of alkyl halides is 3. The topological polar surface area (TPSA) is 146 Å². The van der Waals surface area contributed by atoms with Gasteiger partial charge in [-0.1, -0.05) is 23.4 Å². The molecule has 0 saturated carbocycles. The maximum absolute atomic E-state index is 14.3. The van der Waals surface area contributed by atoms with Gasteiger partial charge in [-0.2, -0.15) is 18.2 Å². The maximum Gasteiger partial charge on any atom is 0.437 e. The highest BCUT2D eigenvalue weighted by Gasteiger charge is 2.37. The average molecular weight is 740 g/mol. The minimum atomic E-state index is -4.74. The number of ether oxygens (including phenoxy) is 3. The molecule has 284 valence electrons. The number of likely N-dealkylation sites (tertiary alicyclic amines) is 1. The smallest absolute Gasteiger partial charge is 0.437 e. The number of para-hydroxylation sites is 2. The molecule has 2 aromatic carbocycles. The number of hydrogen-bond acceptors (Lipinski definition) is 9. The van der Waals surface area contributed by atoms with Crippen molar-refractivity contribution >= 4 is 29.2 Å². The minimum absolute atomic E-state index is 0.0219. The second-order valence-electron chi connectivity index (χ2n) is 14.4. The van der Waals surface area contributed by atoms with Crippen LogP contribution in [0.3, 0.4) is 0 Å². The van der Waals surface area contributed by atoms with E-state index in [4.69, 9.17) is 18.7 Å². The molecule has 1 saturated heterocycles. The number of aliphatic imine (C=N–C) groups is 1. The SMILES string of the molecule is C=CCn1c(CCCOc2ccc(-c3noc(C4CCCN4C(=NC(=O)OC(C)(C)C)NC(=O)OC(C)(C)C)n3)cc2C(F)(F)F)nc2ccccc21. The first-order valence-electron chi connectivity index (χ1n) is 17.2. The number of aromatic nitrogens is 4. The molecule has 4 aromatic rings. The molecule has 1 fully saturated rings. The van der Waals surface area contributed by atoms with Gasteiger partial charge >= 0.3 is 18.4 Å². The van der Waals surface area contributed by atoms with Crippen molar-refractivity contribution in [2.75, 3.05) is 13.2 Å². The number of hydrogen-bond donors (Lipinski definition) is 1. The number of fused-ring (bicyclic) bond motifs is 1. The van der Waals surface area contributed by atoms with Crippen molar-refractivity contribution < 1.29 is 41.5 Å². The van der Waals surface area contributed by atoms with Crippen molar-refractivity contribution in [2.45, 2.75) is 97.2 Å². The average Bonchev–Trinajstić information content (AvgIpc) is 3.80. The number of aryl methyl sites for hydroxylation is 1. The van der Waals surface area contributed by atoms with Crippen molar-refractivity contribution in [1.29, 1.82) is 0 Å². The highest BCUT2D eigenvalue weighted by molar-refractivity contribution is 5.99. The Balaban J connectivity index is 1.32. The fourth-order valence-electron chi connectivity index (χ4n) is 5.77. The van der Waals surface area contributed by atoms with E-state index in [0.29, 0.717) is 38.8 Å². The number of carbonyl (C=O) groups excluding carboxylic acids is 2. The Morgan fingerprint density at radius 1 is 1.06 bits per heavy atom. The number of benzene rings is 2. The maximum atomic E-state index is 14.3. The van der Waals surface area contributed by atoms with Gasteiger partial charge in [0, 0.05) is 25.1 Å². The summed E-state index contributed by atoms with van der Waals surface area (Å²) in [5.74, 6) is 0.267. The predicted molar refractivity (Wildman–Crippen MR) is 190 cm³/mol. The lowest BCUT2D eigenvalue weighted by Crippen LogP contribution is -2.46. The second kappa shape index (κ2) is 15.7. The molecule has 1 unspecified atom stereocenters. The van der Waals surface area contributed by atoms with Crippen LogP contribution >= 0.6 is 0 Å². The first-order valence-corrected chi connectivity index (χ1v) is 17.2. The molecule has 1 aliphatic heterocycles. The van der Waals surface area contributed by atoms with E-state index in [1.54, 1.807) is 52.5 Å². The van der Waals surface area contributed by atoms with Crippen LogP contribution in [0.5, 0.6) is 5.75 Å². The van der Waals surface area contributed by atoms with Gasteiger partial charge < -0.3 is 28.2 Å². The van der Waals surface area contributed by atoms with Crippen molar-refractivity contribution in [1.82, 2.24) is 29.9 Å². The van der Waals surface area contributed by atoms with Crippen LogP contribution in [0.2, 0.25) is 0 Å². The van der Waals surface area contributed by atoms with E-state index in [0.717, 1.165) is 22.9 Å². The van der Waals surface area contributed by atoms with E-state index in [9.17, 15) is 22.8 Å². The largest absolute Gasteiger partial charge is 0.493 e. The van der Waals surface area contributed by atoms with Crippen molar-refractivity contribution in [3.63, 3.8) is 0 Å². The van der Waals surface area contributed by atoms with Crippen LogP contribution in [0.15, 0.2) is 64.6 Å². The van der Waals surface area contributed by atoms with Crippen LogP contribution < -0.4 is 10.1 Å². The van der Waals surface area contributed by atoms with E-state index in [2.05, 4.69) is 32.0 Å². The van der Waals surface area contributed by atoms with Crippen molar-refractivity contribution in [3.8, 4) is 17.1 Å². The molecular formula is C37H44F3N7O6. The number of guanidine groups is 1. The summed E-state index contributed by atoms with van der Waals surface area (Å²) in [6.07, 6.45) is -2.82. The Hall–Kier alpha value is -5.41. The molecule has 1 atom stereocenters. The molecule has 13 nitrogen and oxygen atoms in total. The Kier molecular flexibility index (Phi) is 11.5. The predicted octanol–water partition coefficient (Wildman–Crippen LogP) is 8.26. The van der Waals surface area contributed by atoms with Crippen LogP contribution in [0.1, 0.15) is 84.1 Å². The van der Waals surface area contributed by atoms with E-state index >= 15 is 0 Å². The number of imidazole rings is 1. The van der Waals surface area contributed by atoms with Gasteiger partial charge in [0.15, 0.2) is 0 Å².